The van der Waals surface area contributed by atoms with E-state index in [1.54, 1.807) is 25.4 Å². The number of amides is 2. The number of urea groups is 1. The second-order valence-corrected chi connectivity index (χ2v) is 6.64. The van der Waals surface area contributed by atoms with E-state index in [1.807, 2.05) is 35.0 Å². The van der Waals surface area contributed by atoms with E-state index >= 15 is 0 Å². The standard InChI is InChI=1S/C22H17F3N4O3/c1-31-17-8-9-19-14(13-17)10-12-29(19)20-18(3-2-11-26-20)28-21(30)27-15-4-6-16(7-5-15)32-22(23,24)25/h2-13H,1H3,(H2,27,28,30). The van der Waals surface area contributed by atoms with E-state index in [9.17, 15) is 18.0 Å². The van der Waals surface area contributed by atoms with Crippen molar-refractivity contribution in [3.8, 4) is 17.3 Å². The maximum atomic E-state index is 12.5. The summed E-state index contributed by atoms with van der Waals surface area (Å²) in [5, 5.41) is 6.22. The largest absolute Gasteiger partial charge is 0.573 e. The quantitative estimate of drug-likeness (QED) is 0.423. The third-order valence-corrected chi connectivity index (χ3v) is 4.51. The third kappa shape index (κ3) is 4.75. The van der Waals surface area contributed by atoms with Gasteiger partial charge in [-0.15, -0.1) is 13.2 Å². The second-order valence-electron chi connectivity index (χ2n) is 6.64. The van der Waals surface area contributed by atoms with Crippen LogP contribution in [0.4, 0.5) is 29.3 Å². The van der Waals surface area contributed by atoms with Crippen molar-refractivity contribution >= 4 is 28.3 Å². The van der Waals surface area contributed by atoms with Crippen LogP contribution in [-0.2, 0) is 0 Å². The van der Waals surface area contributed by atoms with Crippen LogP contribution in [-0.4, -0.2) is 29.1 Å². The van der Waals surface area contributed by atoms with Gasteiger partial charge in [0.05, 0.1) is 18.3 Å². The van der Waals surface area contributed by atoms with Crippen molar-refractivity contribution in [2.24, 2.45) is 0 Å². The van der Waals surface area contributed by atoms with Crippen molar-refractivity contribution in [3.63, 3.8) is 0 Å². The number of methoxy groups -OCH3 is 1. The Morgan fingerprint density at radius 2 is 1.75 bits per heavy atom. The van der Waals surface area contributed by atoms with Gasteiger partial charge in [-0.05, 0) is 60.7 Å². The van der Waals surface area contributed by atoms with Crippen LogP contribution in [0.25, 0.3) is 16.7 Å². The van der Waals surface area contributed by atoms with Crippen LogP contribution >= 0.6 is 0 Å². The van der Waals surface area contributed by atoms with Crippen molar-refractivity contribution in [2.75, 3.05) is 17.7 Å². The number of carbonyl (C=O) groups excluding carboxylic acids is 1. The van der Waals surface area contributed by atoms with Gasteiger partial charge in [-0.1, -0.05) is 0 Å². The molecular formula is C22H17F3N4O3. The monoisotopic (exact) mass is 442 g/mol. The maximum absolute atomic E-state index is 12.5. The second kappa shape index (κ2) is 8.50. The highest BCUT2D eigenvalue weighted by molar-refractivity contribution is 6.01. The van der Waals surface area contributed by atoms with Gasteiger partial charge >= 0.3 is 12.4 Å². The minimum absolute atomic E-state index is 0.293. The molecule has 7 nitrogen and oxygen atoms in total. The van der Waals surface area contributed by atoms with Gasteiger partial charge < -0.3 is 20.1 Å². The highest BCUT2D eigenvalue weighted by Crippen LogP contribution is 2.27. The van der Waals surface area contributed by atoms with E-state index in [1.165, 1.54) is 12.1 Å². The summed E-state index contributed by atoms with van der Waals surface area (Å²) in [7, 11) is 1.59. The molecule has 2 heterocycles. The SMILES string of the molecule is COc1ccc2c(ccn2-c2ncccc2NC(=O)Nc2ccc(OC(F)(F)F)cc2)c1. The van der Waals surface area contributed by atoms with Crippen LogP contribution in [0.15, 0.2) is 73.1 Å². The lowest BCUT2D eigenvalue weighted by Gasteiger charge is -2.13. The molecular weight excluding hydrogens is 425 g/mol. The normalized spacial score (nSPS) is 11.2. The molecule has 164 valence electrons. The molecule has 2 aromatic carbocycles. The summed E-state index contributed by atoms with van der Waals surface area (Å²) in [5.74, 6) is 0.839. The zero-order valence-corrected chi connectivity index (χ0v) is 16.7. The molecule has 0 aliphatic heterocycles. The van der Waals surface area contributed by atoms with Gasteiger partial charge in [0, 0.05) is 23.5 Å². The summed E-state index contributed by atoms with van der Waals surface area (Å²) in [6.07, 6.45) is -1.35. The molecule has 0 saturated carbocycles. The molecule has 2 N–H and O–H groups in total. The molecule has 4 rings (SSSR count). The first-order chi connectivity index (χ1) is 15.3. The van der Waals surface area contributed by atoms with E-state index in [0.717, 1.165) is 28.8 Å². The maximum Gasteiger partial charge on any atom is 0.573 e. The Labute approximate surface area is 180 Å². The predicted octanol–water partition coefficient (Wildman–Crippen LogP) is 5.58. The number of anilines is 2. The fraction of sp³-hybridized carbons (Fsp3) is 0.0909. The number of benzene rings is 2. The summed E-state index contributed by atoms with van der Waals surface area (Å²) in [4.78, 5) is 16.9. The summed E-state index contributed by atoms with van der Waals surface area (Å²) in [6, 6.07) is 15.1. The van der Waals surface area contributed by atoms with E-state index in [4.69, 9.17) is 4.74 Å². The van der Waals surface area contributed by atoms with Crippen molar-refractivity contribution in [1.82, 2.24) is 9.55 Å². The van der Waals surface area contributed by atoms with Gasteiger partial charge in [0.15, 0.2) is 5.82 Å². The van der Waals surface area contributed by atoms with Crippen molar-refractivity contribution in [3.05, 3.63) is 73.1 Å². The van der Waals surface area contributed by atoms with Gasteiger partial charge in [0.25, 0.3) is 0 Å². The minimum atomic E-state index is -4.78. The van der Waals surface area contributed by atoms with Gasteiger partial charge in [0.2, 0.25) is 0 Å². The molecule has 0 radical (unpaired) electrons. The summed E-state index contributed by atoms with van der Waals surface area (Å²) < 4.78 is 47.7. The molecule has 10 heteroatoms. The Kier molecular flexibility index (Phi) is 5.59. The first-order valence-electron chi connectivity index (χ1n) is 9.37. The molecule has 2 amide bonds. The minimum Gasteiger partial charge on any atom is -0.497 e. The van der Waals surface area contributed by atoms with Gasteiger partial charge in [-0.2, -0.15) is 0 Å². The topological polar surface area (TPSA) is 77.4 Å². The summed E-state index contributed by atoms with van der Waals surface area (Å²) >= 11 is 0. The number of aromatic nitrogens is 2. The van der Waals surface area contributed by atoms with E-state index in [0.29, 0.717) is 17.2 Å². The molecule has 32 heavy (non-hydrogen) atoms. The van der Waals surface area contributed by atoms with Gasteiger partial charge in [-0.3, -0.25) is 4.57 Å². The fourth-order valence-electron chi connectivity index (χ4n) is 3.14. The number of halogens is 3. The molecule has 0 aliphatic rings. The van der Waals surface area contributed by atoms with E-state index in [-0.39, 0.29) is 5.75 Å². The Bertz CT molecular complexity index is 1250. The summed E-state index contributed by atoms with van der Waals surface area (Å²) in [6.45, 7) is 0. The number of rotatable bonds is 5. The lowest BCUT2D eigenvalue weighted by Crippen LogP contribution is -2.21. The summed E-state index contributed by atoms with van der Waals surface area (Å²) in [5.41, 5.74) is 1.60. The highest BCUT2D eigenvalue weighted by atomic mass is 19.4. The van der Waals surface area contributed by atoms with Crippen molar-refractivity contribution in [2.45, 2.75) is 6.36 Å². The van der Waals surface area contributed by atoms with E-state index in [2.05, 4.69) is 20.4 Å². The van der Waals surface area contributed by atoms with Crippen LogP contribution < -0.4 is 20.1 Å². The number of carbonyl (C=O) groups is 1. The molecule has 4 aromatic rings. The van der Waals surface area contributed by atoms with Crippen LogP contribution in [0.2, 0.25) is 0 Å². The van der Waals surface area contributed by atoms with Crippen LogP contribution in [0.1, 0.15) is 0 Å². The number of ether oxygens (including phenoxy) is 2. The van der Waals surface area contributed by atoms with Crippen LogP contribution in [0.3, 0.4) is 0 Å². The molecule has 0 saturated heterocycles. The number of hydrogen-bond donors (Lipinski definition) is 2. The number of alkyl halides is 3. The Hall–Kier alpha value is -4.21. The molecule has 0 unspecified atom stereocenters. The van der Waals surface area contributed by atoms with Gasteiger partial charge in [-0.25, -0.2) is 9.78 Å². The van der Waals surface area contributed by atoms with E-state index < -0.39 is 12.4 Å². The average molecular weight is 442 g/mol. The third-order valence-electron chi connectivity index (χ3n) is 4.51. The first-order valence-corrected chi connectivity index (χ1v) is 9.37. The lowest BCUT2D eigenvalue weighted by atomic mass is 10.2. The van der Waals surface area contributed by atoms with Crippen LogP contribution in [0, 0.1) is 0 Å². The molecule has 0 fully saturated rings. The number of fused-ring (bicyclic) bond motifs is 1. The molecule has 0 bridgehead atoms. The van der Waals surface area contributed by atoms with Crippen molar-refractivity contribution < 1.29 is 27.4 Å². The smallest absolute Gasteiger partial charge is 0.497 e. The highest BCUT2D eigenvalue weighted by Gasteiger charge is 2.31. The molecule has 0 aliphatic carbocycles. The van der Waals surface area contributed by atoms with Gasteiger partial charge in [0.1, 0.15) is 11.5 Å². The number of nitrogens with zero attached hydrogens (tertiary/aromatic N) is 2. The fourth-order valence-corrected chi connectivity index (χ4v) is 3.14. The number of nitrogens with one attached hydrogen (secondary N) is 2. The van der Waals surface area contributed by atoms with Crippen molar-refractivity contribution in [1.29, 1.82) is 0 Å². The zero-order chi connectivity index (χ0) is 22.7. The molecule has 2 aromatic heterocycles. The molecule has 0 spiro atoms. The Morgan fingerprint density at radius 1 is 1.00 bits per heavy atom. The number of pyridine rings is 1. The van der Waals surface area contributed by atoms with Crippen LogP contribution in [0.5, 0.6) is 11.5 Å². The Balaban J connectivity index is 1.52. The first kappa shape index (κ1) is 21.0. The zero-order valence-electron chi connectivity index (χ0n) is 16.7. The predicted molar refractivity (Wildman–Crippen MR) is 113 cm³/mol. The average Bonchev–Trinajstić information content (AvgIpc) is 3.17. The Morgan fingerprint density at radius 3 is 2.47 bits per heavy atom. The molecule has 0 atom stereocenters. The number of hydrogen-bond acceptors (Lipinski definition) is 4. The lowest BCUT2D eigenvalue weighted by molar-refractivity contribution is -0.274.